The van der Waals surface area contributed by atoms with Gasteiger partial charge in [0.05, 0.1) is 18.2 Å². The lowest BCUT2D eigenvalue weighted by Crippen LogP contribution is -2.33. The molecular weight excluding hydrogens is 368 g/mol. The van der Waals surface area contributed by atoms with Gasteiger partial charge in [-0.1, -0.05) is 29.8 Å². The molecule has 1 atom stereocenters. The summed E-state index contributed by atoms with van der Waals surface area (Å²) in [5.74, 6) is 0.0137. The third-order valence-electron chi connectivity index (χ3n) is 4.83. The second-order valence-corrected chi connectivity index (χ2v) is 6.87. The van der Waals surface area contributed by atoms with Crippen molar-refractivity contribution in [2.75, 3.05) is 0 Å². The number of hydrogen-bond donors (Lipinski definition) is 2. The molecule has 0 spiro atoms. The Kier molecular flexibility index (Phi) is 4.90. The summed E-state index contributed by atoms with van der Waals surface area (Å²) in [6.45, 7) is 3.72. The molecule has 1 amide bonds. The third kappa shape index (κ3) is 3.77. The molecule has 0 aliphatic carbocycles. The Labute approximate surface area is 166 Å². The average molecular weight is 388 g/mol. The lowest BCUT2D eigenvalue weighted by atomic mass is 9.98. The highest BCUT2D eigenvalue weighted by Crippen LogP contribution is 2.22. The Balaban J connectivity index is 1.64. The summed E-state index contributed by atoms with van der Waals surface area (Å²) in [4.78, 5) is 37.9. The van der Waals surface area contributed by atoms with E-state index in [1.165, 1.54) is 10.8 Å². The molecule has 2 N–H and O–H groups in total. The van der Waals surface area contributed by atoms with Crippen LogP contribution in [0.15, 0.2) is 59.9 Å². The number of nitrogens with one attached hydrogen (secondary N) is 2. The number of carbonyl (C=O) groups excluding carboxylic acids is 1. The molecule has 4 rings (SSSR count). The van der Waals surface area contributed by atoms with E-state index in [1.807, 2.05) is 43.3 Å². The van der Waals surface area contributed by atoms with Crippen molar-refractivity contribution in [3.8, 4) is 0 Å². The number of aromatic nitrogens is 5. The second-order valence-electron chi connectivity index (χ2n) is 6.87. The maximum absolute atomic E-state index is 12.9. The fourth-order valence-corrected chi connectivity index (χ4v) is 3.25. The molecule has 0 unspecified atom stereocenters. The van der Waals surface area contributed by atoms with Gasteiger partial charge in [0.25, 0.3) is 11.3 Å². The number of benzene rings is 1. The van der Waals surface area contributed by atoms with Crippen LogP contribution >= 0.6 is 0 Å². The topological polar surface area (TPSA) is 105 Å². The van der Waals surface area contributed by atoms with E-state index in [4.69, 9.17) is 0 Å². The smallest absolute Gasteiger partial charge is 0.277 e. The van der Waals surface area contributed by atoms with Crippen molar-refractivity contribution in [3.05, 3.63) is 93.4 Å². The first-order chi connectivity index (χ1) is 14.0. The molecule has 3 heterocycles. The quantitative estimate of drug-likeness (QED) is 0.543. The first-order valence-corrected chi connectivity index (χ1v) is 9.20. The zero-order valence-corrected chi connectivity index (χ0v) is 16.1. The Morgan fingerprint density at radius 3 is 2.52 bits per heavy atom. The molecule has 146 valence electrons. The highest BCUT2D eigenvalue weighted by molar-refractivity contribution is 5.79. The first kappa shape index (κ1) is 18.5. The Morgan fingerprint density at radius 1 is 1.10 bits per heavy atom. The fraction of sp³-hybridized carbons (Fsp3) is 0.190. The monoisotopic (exact) mass is 388 g/mol. The van der Waals surface area contributed by atoms with Crippen molar-refractivity contribution in [1.82, 2.24) is 29.9 Å². The zero-order valence-electron chi connectivity index (χ0n) is 16.1. The average Bonchev–Trinajstić information content (AvgIpc) is 3.19. The van der Waals surface area contributed by atoms with Crippen molar-refractivity contribution < 1.29 is 4.79 Å². The van der Waals surface area contributed by atoms with Crippen LogP contribution in [-0.4, -0.2) is 30.5 Å². The maximum Gasteiger partial charge on any atom is 0.277 e. The van der Waals surface area contributed by atoms with Crippen LogP contribution in [0.25, 0.3) is 5.78 Å². The lowest BCUT2D eigenvalue weighted by Gasteiger charge is -2.20. The van der Waals surface area contributed by atoms with Crippen LogP contribution in [0.3, 0.4) is 0 Å². The molecule has 0 bridgehead atoms. The van der Waals surface area contributed by atoms with Crippen LogP contribution in [0.4, 0.5) is 0 Å². The van der Waals surface area contributed by atoms with Crippen LogP contribution < -0.4 is 10.9 Å². The second kappa shape index (κ2) is 7.67. The molecule has 3 aromatic heterocycles. The number of aryl methyl sites for hydroxylation is 2. The number of pyridine rings is 1. The van der Waals surface area contributed by atoms with E-state index < -0.39 is 0 Å². The summed E-state index contributed by atoms with van der Waals surface area (Å²) in [6.07, 6.45) is 4.70. The van der Waals surface area contributed by atoms with Gasteiger partial charge >= 0.3 is 0 Å². The number of carbonyl (C=O) groups is 1. The molecule has 0 fully saturated rings. The molecule has 0 saturated carbocycles. The van der Waals surface area contributed by atoms with E-state index in [9.17, 15) is 9.59 Å². The predicted molar refractivity (Wildman–Crippen MR) is 107 cm³/mol. The fourth-order valence-electron chi connectivity index (χ4n) is 3.25. The number of hydrogen-bond acceptors (Lipinski definition) is 5. The Hall–Kier alpha value is -3.81. The summed E-state index contributed by atoms with van der Waals surface area (Å²) in [5, 5.41) is 5.76. The molecule has 0 aliphatic rings. The molecule has 0 radical (unpaired) electrons. The predicted octanol–water partition coefficient (Wildman–Crippen LogP) is 1.88. The van der Waals surface area contributed by atoms with Gasteiger partial charge < -0.3 is 5.32 Å². The van der Waals surface area contributed by atoms with E-state index >= 15 is 0 Å². The minimum Gasteiger partial charge on any atom is -0.345 e. The molecule has 8 nitrogen and oxygen atoms in total. The van der Waals surface area contributed by atoms with Gasteiger partial charge in [-0.15, -0.1) is 0 Å². The SMILES string of the molecule is Cc1ccc([C@H](NC(=O)Cc2c(C)nc3nc[nH]n3c2=O)c2ccncc2)cc1. The van der Waals surface area contributed by atoms with Crippen LogP contribution in [0.1, 0.15) is 34.0 Å². The molecule has 8 heteroatoms. The van der Waals surface area contributed by atoms with Crippen molar-refractivity contribution >= 4 is 11.7 Å². The minimum atomic E-state index is -0.349. The number of rotatable bonds is 5. The number of fused-ring (bicyclic) bond motifs is 1. The Morgan fingerprint density at radius 2 is 1.79 bits per heavy atom. The van der Waals surface area contributed by atoms with E-state index in [0.29, 0.717) is 11.3 Å². The van der Waals surface area contributed by atoms with Gasteiger partial charge in [-0.3, -0.25) is 19.7 Å². The van der Waals surface area contributed by atoms with Gasteiger partial charge in [0.15, 0.2) is 0 Å². The summed E-state index contributed by atoms with van der Waals surface area (Å²) >= 11 is 0. The molecule has 0 saturated heterocycles. The summed E-state index contributed by atoms with van der Waals surface area (Å²) < 4.78 is 1.23. The van der Waals surface area contributed by atoms with E-state index in [2.05, 4.69) is 25.4 Å². The van der Waals surface area contributed by atoms with Crippen molar-refractivity contribution in [1.29, 1.82) is 0 Å². The molecule has 0 aliphatic heterocycles. The van der Waals surface area contributed by atoms with Crippen LogP contribution in [0, 0.1) is 13.8 Å². The van der Waals surface area contributed by atoms with Gasteiger partial charge in [0, 0.05) is 18.0 Å². The van der Waals surface area contributed by atoms with Crippen LogP contribution in [0.5, 0.6) is 0 Å². The number of H-pyrrole nitrogens is 1. The molecule has 29 heavy (non-hydrogen) atoms. The standard InChI is InChI=1S/C21H20N6O2/c1-13-3-5-15(6-4-13)19(16-7-9-22-10-8-16)26-18(28)11-17-14(2)25-21-23-12-24-27(21)20(17)29/h3-10,12,19H,11H2,1-2H3,(H,26,28)(H,23,24,25)/t19-/m0/s1. The van der Waals surface area contributed by atoms with E-state index in [0.717, 1.165) is 16.7 Å². The van der Waals surface area contributed by atoms with E-state index in [-0.39, 0.29) is 29.7 Å². The largest absolute Gasteiger partial charge is 0.345 e. The lowest BCUT2D eigenvalue weighted by molar-refractivity contribution is -0.121. The normalized spacial score (nSPS) is 12.1. The van der Waals surface area contributed by atoms with Gasteiger partial charge in [-0.25, -0.2) is 9.97 Å². The van der Waals surface area contributed by atoms with Crippen molar-refractivity contribution in [2.45, 2.75) is 26.3 Å². The molecule has 1 aromatic carbocycles. The van der Waals surface area contributed by atoms with Crippen molar-refractivity contribution in [3.63, 3.8) is 0 Å². The summed E-state index contributed by atoms with van der Waals surface area (Å²) in [6, 6.07) is 11.4. The van der Waals surface area contributed by atoms with Crippen LogP contribution in [0.2, 0.25) is 0 Å². The first-order valence-electron chi connectivity index (χ1n) is 9.20. The van der Waals surface area contributed by atoms with Crippen molar-refractivity contribution in [2.24, 2.45) is 0 Å². The third-order valence-corrected chi connectivity index (χ3v) is 4.83. The minimum absolute atomic E-state index is 0.0763. The Bertz CT molecular complexity index is 1210. The van der Waals surface area contributed by atoms with Gasteiger partial charge in [0.2, 0.25) is 5.91 Å². The highest BCUT2D eigenvalue weighted by Gasteiger charge is 2.20. The van der Waals surface area contributed by atoms with Gasteiger partial charge in [-0.2, -0.15) is 4.52 Å². The van der Waals surface area contributed by atoms with Crippen LogP contribution in [-0.2, 0) is 11.2 Å². The van der Waals surface area contributed by atoms with E-state index in [1.54, 1.807) is 19.3 Å². The van der Waals surface area contributed by atoms with Gasteiger partial charge in [-0.05, 0) is 37.1 Å². The summed E-state index contributed by atoms with van der Waals surface area (Å²) in [7, 11) is 0. The molecular formula is C21H20N6O2. The number of aromatic amines is 1. The molecule has 4 aromatic rings. The zero-order chi connectivity index (χ0) is 20.4. The van der Waals surface area contributed by atoms with Gasteiger partial charge in [0.1, 0.15) is 6.33 Å². The maximum atomic E-state index is 12.9. The number of nitrogens with zero attached hydrogens (tertiary/aromatic N) is 4. The summed E-state index contributed by atoms with van der Waals surface area (Å²) in [5.41, 5.74) is 3.50. The number of amides is 1. The highest BCUT2D eigenvalue weighted by atomic mass is 16.2.